The SMILES string of the molecule is CCCCCCOC(=O)CN(C)C(=O)c1ccccc1Cl. The second kappa shape index (κ2) is 9.40. The van der Waals surface area contributed by atoms with E-state index in [0.717, 1.165) is 25.7 Å². The first-order valence-electron chi connectivity index (χ1n) is 7.22. The van der Waals surface area contributed by atoms with E-state index in [2.05, 4.69) is 6.92 Å². The number of hydrogen-bond acceptors (Lipinski definition) is 3. The molecular formula is C16H22ClNO3. The highest BCUT2D eigenvalue weighted by atomic mass is 35.5. The lowest BCUT2D eigenvalue weighted by molar-refractivity contribution is -0.144. The summed E-state index contributed by atoms with van der Waals surface area (Å²) >= 11 is 5.97. The fourth-order valence-corrected chi connectivity index (χ4v) is 2.08. The number of unbranched alkanes of at least 4 members (excludes halogenated alkanes) is 3. The molecule has 0 aliphatic rings. The smallest absolute Gasteiger partial charge is 0.325 e. The lowest BCUT2D eigenvalue weighted by Gasteiger charge is -2.17. The monoisotopic (exact) mass is 311 g/mol. The summed E-state index contributed by atoms with van der Waals surface area (Å²) < 4.78 is 5.11. The predicted molar refractivity (Wildman–Crippen MR) is 83.5 cm³/mol. The van der Waals surface area contributed by atoms with Gasteiger partial charge in [0.05, 0.1) is 17.2 Å². The molecule has 0 fully saturated rings. The first-order chi connectivity index (χ1) is 10.1. The van der Waals surface area contributed by atoms with E-state index in [1.807, 2.05) is 0 Å². The summed E-state index contributed by atoms with van der Waals surface area (Å²) in [5, 5.41) is 0.377. The van der Waals surface area contributed by atoms with Crippen molar-refractivity contribution in [1.29, 1.82) is 0 Å². The molecule has 0 aliphatic heterocycles. The molecule has 0 aromatic heterocycles. The number of nitrogens with zero attached hydrogens (tertiary/aromatic N) is 1. The summed E-state index contributed by atoms with van der Waals surface area (Å²) in [6.45, 7) is 2.46. The first kappa shape index (κ1) is 17.5. The van der Waals surface area contributed by atoms with Gasteiger partial charge in [-0.1, -0.05) is 49.9 Å². The van der Waals surface area contributed by atoms with E-state index in [1.54, 1.807) is 31.3 Å². The Morgan fingerprint density at radius 1 is 1.19 bits per heavy atom. The van der Waals surface area contributed by atoms with Crippen molar-refractivity contribution in [3.05, 3.63) is 34.9 Å². The Morgan fingerprint density at radius 2 is 1.90 bits per heavy atom. The minimum Gasteiger partial charge on any atom is -0.464 e. The summed E-state index contributed by atoms with van der Waals surface area (Å²) in [5.74, 6) is -0.682. The van der Waals surface area contributed by atoms with E-state index in [4.69, 9.17) is 16.3 Å². The zero-order valence-corrected chi connectivity index (χ0v) is 13.4. The van der Waals surface area contributed by atoms with Crippen LogP contribution in [-0.2, 0) is 9.53 Å². The minimum absolute atomic E-state index is 0.0716. The lowest BCUT2D eigenvalue weighted by atomic mass is 10.2. The van der Waals surface area contributed by atoms with Crippen LogP contribution in [0, 0.1) is 0 Å². The largest absolute Gasteiger partial charge is 0.464 e. The van der Waals surface area contributed by atoms with Crippen molar-refractivity contribution in [2.45, 2.75) is 32.6 Å². The van der Waals surface area contributed by atoms with Crippen molar-refractivity contribution in [3.8, 4) is 0 Å². The highest BCUT2D eigenvalue weighted by Crippen LogP contribution is 2.16. The number of likely N-dealkylation sites (N-methyl/N-ethyl adjacent to an activating group) is 1. The summed E-state index contributed by atoms with van der Waals surface area (Å²) in [4.78, 5) is 25.1. The van der Waals surface area contributed by atoms with Crippen LogP contribution in [0.25, 0.3) is 0 Å². The molecule has 1 aromatic rings. The van der Waals surface area contributed by atoms with Gasteiger partial charge in [0.2, 0.25) is 0 Å². The Balaban J connectivity index is 2.38. The molecule has 0 aliphatic carbocycles. The zero-order valence-electron chi connectivity index (χ0n) is 12.6. The van der Waals surface area contributed by atoms with Gasteiger partial charge in [0.1, 0.15) is 6.54 Å². The van der Waals surface area contributed by atoms with Crippen molar-refractivity contribution in [2.75, 3.05) is 20.2 Å². The molecule has 1 amide bonds. The Morgan fingerprint density at radius 3 is 2.57 bits per heavy atom. The average Bonchev–Trinajstić information content (AvgIpc) is 2.46. The van der Waals surface area contributed by atoms with Gasteiger partial charge in [-0.25, -0.2) is 0 Å². The molecule has 0 spiro atoms. The van der Waals surface area contributed by atoms with Crippen molar-refractivity contribution < 1.29 is 14.3 Å². The molecule has 0 atom stereocenters. The summed E-state index contributed by atoms with van der Waals surface area (Å²) in [5.41, 5.74) is 0.386. The molecular weight excluding hydrogens is 290 g/mol. The maximum atomic E-state index is 12.1. The average molecular weight is 312 g/mol. The number of halogens is 1. The third kappa shape index (κ3) is 6.17. The van der Waals surface area contributed by atoms with Gasteiger partial charge < -0.3 is 9.64 Å². The normalized spacial score (nSPS) is 10.2. The highest BCUT2D eigenvalue weighted by Gasteiger charge is 2.17. The van der Waals surface area contributed by atoms with Gasteiger partial charge in [0, 0.05) is 7.05 Å². The van der Waals surface area contributed by atoms with Crippen LogP contribution in [0.2, 0.25) is 5.02 Å². The van der Waals surface area contributed by atoms with Gasteiger partial charge in [0.15, 0.2) is 0 Å². The van der Waals surface area contributed by atoms with Crippen LogP contribution in [0.5, 0.6) is 0 Å². The van der Waals surface area contributed by atoms with Gasteiger partial charge in [-0.05, 0) is 18.6 Å². The summed E-state index contributed by atoms with van der Waals surface area (Å²) in [6, 6.07) is 6.77. The Labute approximate surface area is 131 Å². The number of benzene rings is 1. The third-order valence-corrected chi connectivity index (χ3v) is 3.41. The fraction of sp³-hybridized carbons (Fsp3) is 0.500. The van der Waals surface area contributed by atoms with E-state index in [-0.39, 0.29) is 12.5 Å². The lowest BCUT2D eigenvalue weighted by Crippen LogP contribution is -2.33. The molecule has 0 unspecified atom stereocenters. The van der Waals surface area contributed by atoms with Crippen molar-refractivity contribution in [2.24, 2.45) is 0 Å². The van der Waals surface area contributed by atoms with E-state index >= 15 is 0 Å². The molecule has 0 N–H and O–H groups in total. The second-order valence-electron chi connectivity index (χ2n) is 4.92. The van der Waals surface area contributed by atoms with E-state index in [0.29, 0.717) is 17.2 Å². The van der Waals surface area contributed by atoms with Crippen molar-refractivity contribution >= 4 is 23.5 Å². The molecule has 116 valence electrons. The van der Waals surface area contributed by atoms with Gasteiger partial charge in [0.25, 0.3) is 5.91 Å². The number of carbonyl (C=O) groups excluding carboxylic acids is 2. The maximum absolute atomic E-state index is 12.1. The fourth-order valence-electron chi connectivity index (χ4n) is 1.87. The van der Waals surface area contributed by atoms with Gasteiger partial charge in [-0.3, -0.25) is 9.59 Å². The Kier molecular flexibility index (Phi) is 7.83. The molecule has 0 heterocycles. The predicted octanol–water partition coefficient (Wildman–Crippen LogP) is 3.54. The molecule has 21 heavy (non-hydrogen) atoms. The molecule has 0 saturated heterocycles. The van der Waals surface area contributed by atoms with Crippen LogP contribution in [0.3, 0.4) is 0 Å². The molecule has 1 rings (SSSR count). The topological polar surface area (TPSA) is 46.6 Å². The molecule has 4 nitrogen and oxygen atoms in total. The number of ether oxygens (including phenoxy) is 1. The Hall–Kier alpha value is -1.55. The van der Waals surface area contributed by atoms with Gasteiger partial charge >= 0.3 is 5.97 Å². The maximum Gasteiger partial charge on any atom is 0.325 e. The van der Waals surface area contributed by atoms with Crippen LogP contribution in [-0.4, -0.2) is 37.0 Å². The van der Waals surface area contributed by atoms with Crippen LogP contribution in [0.4, 0.5) is 0 Å². The molecule has 5 heteroatoms. The zero-order chi connectivity index (χ0) is 15.7. The van der Waals surface area contributed by atoms with E-state index in [9.17, 15) is 9.59 Å². The van der Waals surface area contributed by atoms with E-state index < -0.39 is 5.97 Å². The van der Waals surface area contributed by atoms with Gasteiger partial charge in [-0.2, -0.15) is 0 Å². The summed E-state index contributed by atoms with van der Waals surface area (Å²) in [7, 11) is 1.56. The number of rotatable bonds is 8. The van der Waals surface area contributed by atoms with Crippen molar-refractivity contribution in [1.82, 2.24) is 4.90 Å². The van der Waals surface area contributed by atoms with Gasteiger partial charge in [-0.15, -0.1) is 0 Å². The molecule has 0 radical (unpaired) electrons. The van der Waals surface area contributed by atoms with Crippen LogP contribution in [0.1, 0.15) is 43.0 Å². The number of carbonyl (C=O) groups is 2. The van der Waals surface area contributed by atoms with E-state index in [1.165, 1.54) is 4.90 Å². The second-order valence-corrected chi connectivity index (χ2v) is 5.33. The number of esters is 1. The Bertz CT molecular complexity index is 476. The molecule has 0 saturated carbocycles. The molecule has 0 bridgehead atoms. The minimum atomic E-state index is -0.394. The number of amides is 1. The highest BCUT2D eigenvalue weighted by molar-refractivity contribution is 6.33. The first-order valence-corrected chi connectivity index (χ1v) is 7.59. The van der Waals surface area contributed by atoms with Crippen LogP contribution >= 0.6 is 11.6 Å². The van der Waals surface area contributed by atoms with Crippen molar-refractivity contribution in [3.63, 3.8) is 0 Å². The van der Waals surface area contributed by atoms with Crippen LogP contribution < -0.4 is 0 Å². The number of hydrogen-bond donors (Lipinski definition) is 0. The molecule has 1 aromatic carbocycles. The third-order valence-electron chi connectivity index (χ3n) is 3.08. The van der Waals surface area contributed by atoms with Crippen LogP contribution in [0.15, 0.2) is 24.3 Å². The standard InChI is InChI=1S/C16H22ClNO3/c1-3-4-5-8-11-21-15(19)12-18(2)16(20)13-9-6-7-10-14(13)17/h6-7,9-10H,3-5,8,11-12H2,1-2H3. The summed E-state index contributed by atoms with van der Waals surface area (Å²) in [6.07, 6.45) is 4.20. The quantitative estimate of drug-likeness (QED) is 0.545.